The van der Waals surface area contributed by atoms with Gasteiger partial charge in [-0.3, -0.25) is 9.59 Å². The molecule has 2 aromatic rings. The quantitative estimate of drug-likeness (QED) is 0.660. The lowest BCUT2D eigenvalue weighted by atomic mass is 10.1. The average molecular weight is 362 g/mol. The molecule has 0 bridgehead atoms. The summed E-state index contributed by atoms with van der Waals surface area (Å²) in [6, 6.07) is 14.6. The van der Waals surface area contributed by atoms with Crippen LogP contribution < -0.4 is 16.0 Å². The molecule has 0 aromatic heterocycles. The number of nitrogens with one attached hydrogen (secondary N) is 3. The normalized spacial score (nSPS) is 9.84. The maximum absolute atomic E-state index is 12.3. The maximum atomic E-state index is 12.3. The zero-order valence-electron chi connectivity index (χ0n) is 14.5. The summed E-state index contributed by atoms with van der Waals surface area (Å²) in [4.78, 5) is 24.3. The van der Waals surface area contributed by atoms with Crippen LogP contribution in [0, 0.1) is 6.92 Å². The fourth-order valence-electron chi connectivity index (χ4n) is 2.26. The number of hydrogen-bond donors (Lipinski definition) is 3. The molecule has 0 fully saturated rings. The highest BCUT2D eigenvalue weighted by atomic mass is 35.5. The summed E-state index contributed by atoms with van der Waals surface area (Å²) < 4.78 is 0. The molecule has 0 saturated carbocycles. The van der Waals surface area contributed by atoms with E-state index in [1.165, 1.54) is 0 Å². The van der Waals surface area contributed by atoms with Crippen LogP contribution in [0.3, 0.4) is 0 Å². The second-order valence-electron chi connectivity index (χ2n) is 5.61. The van der Waals surface area contributed by atoms with Crippen LogP contribution in [0.25, 0.3) is 0 Å². The van der Waals surface area contributed by atoms with E-state index >= 15 is 0 Å². The summed E-state index contributed by atoms with van der Waals surface area (Å²) in [7, 11) is 1.86. The standard InChI is InChI=1S/C19H23N3O2.ClH/c1-14-10-11-15(19(24)21-16-7-4-3-5-8-16)13-17(14)22-18(23)9-6-12-20-2;/h3-5,7-8,10-11,13,20H,6,9,12H2,1-2H3,(H,21,24)(H,22,23);1H. The molecule has 25 heavy (non-hydrogen) atoms. The highest BCUT2D eigenvalue weighted by molar-refractivity contribution is 6.05. The smallest absolute Gasteiger partial charge is 0.255 e. The first kappa shape index (κ1) is 20.7. The Kier molecular flexibility index (Phi) is 8.67. The van der Waals surface area contributed by atoms with E-state index in [-0.39, 0.29) is 24.2 Å². The monoisotopic (exact) mass is 361 g/mol. The van der Waals surface area contributed by atoms with Crippen molar-refractivity contribution in [2.24, 2.45) is 0 Å². The van der Waals surface area contributed by atoms with E-state index in [1.54, 1.807) is 12.1 Å². The molecule has 0 atom stereocenters. The minimum Gasteiger partial charge on any atom is -0.326 e. The van der Waals surface area contributed by atoms with Crippen molar-refractivity contribution < 1.29 is 9.59 Å². The van der Waals surface area contributed by atoms with Crippen LogP contribution in [0.4, 0.5) is 11.4 Å². The lowest BCUT2D eigenvalue weighted by Gasteiger charge is -2.11. The molecule has 2 aromatic carbocycles. The van der Waals surface area contributed by atoms with Gasteiger partial charge in [-0.15, -0.1) is 12.4 Å². The van der Waals surface area contributed by atoms with Crippen LogP contribution in [0.5, 0.6) is 0 Å². The van der Waals surface area contributed by atoms with Crippen LogP contribution in [0.2, 0.25) is 0 Å². The van der Waals surface area contributed by atoms with Crippen molar-refractivity contribution in [3.63, 3.8) is 0 Å². The van der Waals surface area contributed by atoms with Crippen molar-refractivity contribution in [1.29, 1.82) is 0 Å². The van der Waals surface area contributed by atoms with Crippen molar-refractivity contribution in [3.8, 4) is 0 Å². The summed E-state index contributed by atoms with van der Waals surface area (Å²) >= 11 is 0. The summed E-state index contributed by atoms with van der Waals surface area (Å²) in [5.41, 5.74) is 2.84. The third-order valence-electron chi connectivity index (χ3n) is 3.64. The molecule has 3 N–H and O–H groups in total. The molecule has 2 rings (SSSR count). The Labute approximate surface area is 154 Å². The van der Waals surface area contributed by atoms with Crippen molar-refractivity contribution in [2.45, 2.75) is 19.8 Å². The number of halogens is 1. The Morgan fingerprint density at radius 1 is 1.00 bits per heavy atom. The number of amides is 2. The second kappa shape index (κ2) is 10.5. The molecule has 0 saturated heterocycles. The Bertz CT molecular complexity index is 705. The van der Waals surface area contributed by atoms with Gasteiger partial charge in [-0.1, -0.05) is 24.3 Å². The van der Waals surface area contributed by atoms with E-state index in [4.69, 9.17) is 0 Å². The highest BCUT2D eigenvalue weighted by Gasteiger charge is 2.10. The first-order valence-corrected chi connectivity index (χ1v) is 8.01. The number of benzene rings is 2. The molecule has 0 unspecified atom stereocenters. The second-order valence-corrected chi connectivity index (χ2v) is 5.61. The zero-order chi connectivity index (χ0) is 17.4. The summed E-state index contributed by atoms with van der Waals surface area (Å²) in [5.74, 6) is -0.249. The summed E-state index contributed by atoms with van der Waals surface area (Å²) in [6.45, 7) is 2.70. The molecule has 134 valence electrons. The molecule has 0 aliphatic rings. The molecule has 6 heteroatoms. The average Bonchev–Trinajstić information content (AvgIpc) is 2.58. The molecular weight excluding hydrogens is 338 g/mol. The molecule has 5 nitrogen and oxygen atoms in total. The summed E-state index contributed by atoms with van der Waals surface area (Å²) in [6.07, 6.45) is 1.22. The molecular formula is C19H24ClN3O2. The summed E-state index contributed by atoms with van der Waals surface area (Å²) in [5, 5.41) is 8.73. The van der Waals surface area contributed by atoms with E-state index < -0.39 is 0 Å². The number of carbonyl (C=O) groups is 2. The van der Waals surface area contributed by atoms with Crippen LogP contribution in [-0.2, 0) is 4.79 Å². The van der Waals surface area contributed by atoms with E-state index in [0.717, 1.165) is 24.2 Å². The van der Waals surface area contributed by atoms with Gasteiger partial charge in [0, 0.05) is 23.4 Å². The molecule has 0 aliphatic heterocycles. The zero-order valence-corrected chi connectivity index (χ0v) is 15.3. The number of rotatable bonds is 7. The maximum Gasteiger partial charge on any atom is 0.255 e. The van der Waals surface area contributed by atoms with Gasteiger partial charge in [-0.25, -0.2) is 0 Å². The number of para-hydroxylation sites is 1. The first-order valence-electron chi connectivity index (χ1n) is 8.01. The third kappa shape index (κ3) is 6.57. The van der Waals surface area contributed by atoms with Crippen LogP contribution in [0.15, 0.2) is 48.5 Å². The SMILES string of the molecule is CNCCCC(=O)Nc1cc(C(=O)Nc2ccccc2)ccc1C.Cl. The number of hydrogen-bond acceptors (Lipinski definition) is 3. The lowest BCUT2D eigenvalue weighted by molar-refractivity contribution is -0.116. The van der Waals surface area contributed by atoms with Gasteiger partial charge < -0.3 is 16.0 Å². The Balaban J connectivity index is 0.00000312. The fourth-order valence-corrected chi connectivity index (χ4v) is 2.26. The van der Waals surface area contributed by atoms with Crippen LogP contribution >= 0.6 is 12.4 Å². The van der Waals surface area contributed by atoms with Gasteiger partial charge in [0.1, 0.15) is 0 Å². The fraction of sp³-hybridized carbons (Fsp3) is 0.263. The minimum absolute atomic E-state index is 0. The Hall–Kier alpha value is -2.37. The van der Waals surface area contributed by atoms with Gasteiger partial charge in [0.25, 0.3) is 5.91 Å². The minimum atomic E-state index is -0.202. The van der Waals surface area contributed by atoms with Crippen LogP contribution in [-0.4, -0.2) is 25.4 Å². The van der Waals surface area contributed by atoms with Gasteiger partial charge in [-0.05, 0) is 56.8 Å². The third-order valence-corrected chi connectivity index (χ3v) is 3.64. The van der Waals surface area contributed by atoms with Crippen molar-refractivity contribution in [2.75, 3.05) is 24.2 Å². The predicted molar refractivity (Wildman–Crippen MR) is 105 cm³/mol. The van der Waals surface area contributed by atoms with E-state index in [1.807, 2.05) is 50.4 Å². The molecule has 0 heterocycles. The Morgan fingerprint density at radius 2 is 1.72 bits per heavy atom. The van der Waals surface area contributed by atoms with Crippen LogP contribution in [0.1, 0.15) is 28.8 Å². The molecule has 2 amide bonds. The molecule has 0 aliphatic carbocycles. The van der Waals surface area contributed by atoms with Gasteiger partial charge in [0.2, 0.25) is 5.91 Å². The number of carbonyl (C=O) groups excluding carboxylic acids is 2. The van der Waals surface area contributed by atoms with Gasteiger partial charge in [-0.2, -0.15) is 0 Å². The number of anilines is 2. The number of aryl methyl sites for hydroxylation is 1. The van der Waals surface area contributed by atoms with Crippen molar-refractivity contribution in [3.05, 3.63) is 59.7 Å². The lowest BCUT2D eigenvalue weighted by Crippen LogP contribution is -2.17. The van der Waals surface area contributed by atoms with Gasteiger partial charge >= 0.3 is 0 Å². The van der Waals surface area contributed by atoms with Crippen molar-refractivity contribution >= 4 is 35.6 Å². The van der Waals surface area contributed by atoms with E-state index in [9.17, 15) is 9.59 Å². The van der Waals surface area contributed by atoms with Crippen molar-refractivity contribution in [1.82, 2.24) is 5.32 Å². The molecule has 0 spiro atoms. The molecule has 0 radical (unpaired) electrons. The topological polar surface area (TPSA) is 70.2 Å². The van der Waals surface area contributed by atoms with Gasteiger partial charge in [0.15, 0.2) is 0 Å². The van der Waals surface area contributed by atoms with E-state index in [2.05, 4.69) is 16.0 Å². The van der Waals surface area contributed by atoms with E-state index in [0.29, 0.717) is 17.7 Å². The first-order chi connectivity index (χ1) is 11.6. The Morgan fingerprint density at radius 3 is 2.40 bits per heavy atom. The highest BCUT2D eigenvalue weighted by Crippen LogP contribution is 2.18. The van der Waals surface area contributed by atoms with Gasteiger partial charge in [0.05, 0.1) is 0 Å². The predicted octanol–water partition coefficient (Wildman–Crippen LogP) is 3.61. The largest absolute Gasteiger partial charge is 0.326 e.